The molecule has 1 atom stereocenters. The molecule has 0 aliphatic carbocycles. The van der Waals surface area contributed by atoms with Crippen molar-refractivity contribution < 1.29 is 28.6 Å². The molecule has 0 saturated carbocycles. The van der Waals surface area contributed by atoms with Gasteiger partial charge in [0.2, 0.25) is 0 Å². The maximum atomic E-state index is 12.9. The minimum atomic E-state index is -0.836. The second kappa shape index (κ2) is 68.7. The number of esters is 3. The lowest BCUT2D eigenvalue weighted by atomic mass is 10.1. The van der Waals surface area contributed by atoms with E-state index < -0.39 is 6.10 Å². The monoisotopic (exact) mass is 1140 g/mol. The molecule has 0 aromatic rings. The second-order valence-corrected chi connectivity index (χ2v) is 20.9. The third-order valence-electron chi connectivity index (χ3n) is 13.1. The van der Waals surface area contributed by atoms with Crippen LogP contribution in [0.1, 0.15) is 252 Å². The van der Waals surface area contributed by atoms with E-state index in [-0.39, 0.29) is 44.0 Å². The predicted octanol–water partition coefficient (Wildman–Crippen LogP) is 23.0. The van der Waals surface area contributed by atoms with Crippen molar-refractivity contribution in [3.05, 3.63) is 194 Å². The minimum Gasteiger partial charge on any atom is -0.462 e. The standard InChI is InChI=1S/C77H118O6/c1-4-7-10-13-16-19-22-25-28-31-33-34-35-36-37-38-39-40-41-42-44-46-49-52-55-58-61-64-67-70-76(79)82-73-74(72-81-75(78)69-66-63-60-57-54-51-48-45-30-27-24-21-18-15-12-9-6-3)83-77(80)71-68-65-62-59-56-53-50-47-43-32-29-26-23-20-17-14-11-8-5-2/h7-8,10-11,16-21,25-30,33-34,36-37,39-40,42-44,47,49,52-53,56,58,61,74H,4-6,9,12-15,22-24,31-32,35,38,41,45-46,48,50-51,54-55,57,59-60,62-73H2,1-3H3/b10-7-,11-8-,19-16-,20-17-,21-18-,28-25-,29-26-,30-27-,34-33-,37-36-,40-39-,44-42-,47-43-,52-49-,56-53-,61-58-. The van der Waals surface area contributed by atoms with Gasteiger partial charge in [0.05, 0.1) is 0 Å². The van der Waals surface area contributed by atoms with E-state index >= 15 is 0 Å². The van der Waals surface area contributed by atoms with Gasteiger partial charge in [-0.15, -0.1) is 0 Å². The molecule has 0 aliphatic heterocycles. The van der Waals surface area contributed by atoms with Crippen molar-refractivity contribution in [3.8, 4) is 0 Å². The number of hydrogen-bond acceptors (Lipinski definition) is 6. The van der Waals surface area contributed by atoms with Crippen LogP contribution in [-0.2, 0) is 28.6 Å². The van der Waals surface area contributed by atoms with Gasteiger partial charge in [-0.2, -0.15) is 0 Å². The van der Waals surface area contributed by atoms with Gasteiger partial charge in [0.25, 0.3) is 0 Å². The summed E-state index contributed by atoms with van der Waals surface area (Å²) in [5.41, 5.74) is 0. The molecule has 0 radical (unpaired) electrons. The molecule has 0 amide bonds. The van der Waals surface area contributed by atoms with Crippen molar-refractivity contribution in [2.45, 2.75) is 258 Å². The van der Waals surface area contributed by atoms with E-state index in [1.54, 1.807) is 0 Å². The van der Waals surface area contributed by atoms with E-state index in [2.05, 4.69) is 215 Å². The van der Waals surface area contributed by atoms with Crippen LogP contribution >= 0.6 is 0 Å². The maximum Gasteiger partial charge on any atom is 0.306 e. The Kier molecular flexibility index (Phi) is 64.0. The average molecular weight is 1140 g/mol. The molecule has 0 spiro atoms. The highest BCUT2D eigenvalue weighted by Crippen LogP contribution is 2.13. The first-order chi connectivity index (χ1) is 41.0. The van der Waals surface area contributed by atoms with Crippen LogP contribution in [0.4, 0.5) is 0 Å². The fourth-order valence-corrected chi connectivity index (χ4v) is 8.21. The molecule has 0 heterocycles. The van der Waals surface area contributed by atoms with Crippen LogP contribution in [0.3, 0.4) is 0 Å². The van der Waals surface area contributed by atoms with Crippen molar-refractivity contribution in [2.75, 3.05) is 13.2 Å². The molecule has 0 bridgehead atoms. The smallest absolute Gasteiger partial charge is 0.306 e. The Labute approximate surface area is 509 Å². The maximum absolute atomic E-state index is 12.9. The van der Waals surface area contributed by atoms with E-state index in [1.807, 2.05) is 0 Å². The zero-order valence-corrected chi connectivity index (χ0v) is 52.9. The van der Waals surface area contributed by atoms with Crippen molar-refractivity contribution in [1.29, 1.82) is 0 Å². The molecule has 0 fully saturated rings. The number of unbranched alkanes of at least 4 members (excludes halogenated alkanes) is 14. The summed E-state index contributed by atoms with van der Waals surface area (Å²) in [4.78, 5) is 38.4. The van der Waals surface area contributed by atoms with Gasteiger partial charge in [0.15, 0.2) is 6.10 Å². The minimum absolute atomic E-state index is 0.124. The lowest BCUT2D eigenvalue weighted by molar-refractivity contribution is -0.167. The van der Waals surface area contributed by atoms with Crippen LogP contribution in [0.5, 0.6) is 0 Å². The lowest BCUT2D eigenvalue weighted by Crippen LogP contribution is -2.30. The number of rotatable bonds is 57. The topological polar surface area (TPSA) is 78.9 Å². The quantitative estimate of drug-likeness (QED) is 0.0261. The normalized spacial score (nSPS) is 13.4. The van der Waals surface area contributed by atoms with Gasteiger partial charge in [-0.25, -0.2) is 0 Å². The molecule has 1 unspecified atom stereocenters. The molecular formula is C77H118O6. The summed E-state index contributed by atoms with van der Waals surface area (Å²) in [5, 5.41) is 0. The molecule has 0 saturated heterocycles. The Morgan fingerprint density at radius 2 is 0.482 bits per heavy atom. The van der Waals surface area contributed by atoms with Crippen LogP contribution in [-0.4, -0.2) is 37.2 Å². The van der Waals surface area contributed by atoms with E-state index in [1.165, 1.54) is 51.4 Å². The largest absolute Gasteiger partial charge is 0.462 e. The molecule has 462 valence electrons. The Bertz CT molecular complexity index is 1990. The number of ether oxygens (including phenoxy) is 3. The van der Waals surface area contributed by atoms with E-state index in [0.29, 0.717) is 19.3 Å². The van der Waals surface area contributed by atoms with Crippen molar-refractivity contribution in [2.24, 2.45) is 0 Å². The lowest BCUT2D eigenvalue weighted by Gasteiger charge is -2.18. The van der Waals surface area contributed by atoms with Crippen molar-refractivity contribution in [1.82, 2.24) is 0 Å². The average Bonchev–Trinajstić information content (AvgIpc) is 3.49. The van der Waals surface area contributed by atoms with E-state index in [4.69, 9.17) is 14.2 Å². The highest BCUT2D eigenvalue weighted by atomic mass is 16.6. The van der Waals surface area contributed by atoms with Crippen LogP contribution < -0.4 is 0 Å². The Hall–Kier alpha value is -5.75. The van der Waals surface area contributed by atoms with Crippen LogP contribution in [0, 0.1) is 0 Å². The first kappa shape index (κ1) is 77.2. The molecule has 0 aliphatic rings. The summed E-state index contributed by atoms with van der Waals surface area (Å²) in [6.45, 7) is 6.29. The summed E-state index contributed by atoms with van der Waals surface area (Å²) < 4.78 is 16.9. The van der Waals surface area contributed by atoms with Crippen molar-refractivity contribution in [3.63, 3.8) is 0 Å². The third kappa shape index (κ3) is 66.9. The molecule has 6 heteroatoms. The number of carbonyl (C=O) groups excluding carboxylic acids is 3. The highest BCUT2D eigenvalue weighted by Gasteiger charge is 2.19. The summed E-state index contributed by atoms with van der Waals surface area (Å²) in [5.74, 6) is -1.03. The van der Waals surface area contributed by atoms with Crippen molar-refractivity contribution >= 4 is 17.9 Å². The van der Waals surface area contributed by atoms with Gasteiger partial charge >= 0.3 is 17.9 Å². The molecule has 0 aromatic carbocycles. The first-order valence-corrected chi connectivity index (χ1v) is 32.9. The second-order valence-electron chi connectivity index (χ2n) is 20.9. The third-order valence-corrected chi connectivity index (χ3v) is 13.1. The molecule has 0 aromatic heterocycles. The Balaban J connectivity index is 4.57. The molecular weight excluding hydrogens is 1020 g/mol. The molecule has 6 nitrogen and oxygen atoms in total. The van der Waals surface area contributed by atoms with E-state index in [9.17, 15) is 14.4 Å². The van der Waals surface area contributed by atoms with Gasteiger partial charge in [0.1, 0.15) is 13.2 Å². The van der Waals surface area contributed by atoms with Crippen LogP contribution in [0.25, 0.3) is 0 Å². The Morgan fingerprint density at radius 3 is 0.795 bits per heavy atom. The van der Waals surface area contributed by atoms with Crippen LogP contribution in [0.15, 0.2) is 194 Å². The summed E-state index contributed by atoms with van der Waals surface area (Å²) in [7, 11) is 0. The Morgan fingerprint density at radius 1 is 0.253 bits per heavy atom. The fraction of sp³-hybridized carbons (Fsp3) is 0.545. The predicted molar refractivity (Wildman–Crippen MR) is 361 cm³/mol. The number of carbonyl (C=O) groups is 3. The van der Waals surface area contributed by atoms with Gasteiger partial charge in [-0.1, -0.05) is 267 Å². The summed E-state index contributed by atoms with van der Waals surface area (Å²) in [6, 6.07) is 0. The number of allylic oxidation sites excluding steroid dienone is 32. The zero-order valence-electron chi connectivity index (χ0n) is 52.9. The van der Waals surface area contributed by atoms with Crippen LogP contribution in [0.2, 0.25) is 0 Å². The fourth-order valence-electron chi connectivity index (χ4n) is 8.21. The summed E-state index contributed by atoms with van der Waals surface area (Å²) >= 11 is 0. The van der Waals surface area contributed by atoms with Gasteiger partial charge < -0.3 is 14.2 Å². The van der Waals surface area contributed by atoms with E-state index in [0.717, 1.165) is 148 Å². The number of hydrogen-bond donors (Lipinski definition) is 0. The molecule has 0 rings (SSSR count). The highest BCUT2D eigenvalue weighted by molar-refractivity contribution is 5.71. The zero-order chi connectivity index (χ0) is 59.9. The van der Waals surface area contributed by atoms with Gasteiger partial charge in [0, 0.05) is 19.3 Å². The molecule has 0 N–H and O–H groups in total. The summed E-state index contributed by atoms with van der Waals surface area (Å²) in [6.07, 6.45) is 104. The van der Waals surface area contributed by atoms with Gasteiger partial charge in [-0.3, -0.25) is 14.4 Å². The SMILES string of the molecule is CC/C=C\C/C=C\C/C=C\C/C=C\C/C=C\C/C=C\C/C=C\C/C=C\C/C=C\CCCC(=O)OCC(COC(=O)CCCCCCCCC/C=C\C/C=C\CCCCC)OC(=O)CCCCC/C=C\C/C=C\C/C=C\C/C=C\C/C=C\CC. The molecule has 83 heavy (non-hydrogen) atoms. The van der Waals surface area contributed by atoms with Gasteiger partial charge in [-0.05, 0) is 161 Å². The first-order valence-electron chi connectivity index (χ1n) is 32.9.